The zero-order valence-electron chi connectivity index (χ0n) is 24.4. The second-order valence-corrected chi connectivity index (χ2v) is 11.5. The summed E-state index contributed by atoms with van der Waals surface area (Å²) in [6.45, 7) is 6.34. The Morgan fingerprint density at radius 3 is 2.33 bits per heavy atom. The highest BCUT2D eigenvalue weighted by atomic mass is 32.1. The van der Waals surface area contributed by atoms with E-state index in [0.717, 1.165) is 16.9 Å². The van der Waals surface area contributed by atoms with Gasteiger partial charge in [0, 0.05) is 0 Å². The van der Waals surface area contributed by atoms with Gasteiger partial charge in [0.2, 0.25) is 0 Å². The van der Waals surface area contributed by atoms with Crippen LogP contribution in [0.25, 0.3) is 6.08 Å². The van der Waals surface area contributed by atoms with Gasteiger partial charge in [-0.3, -0.25) is 9.36 Å². The fourth-order valence-corrected chi connectivity index (χ4v) is 5.74. The fourth-order valence-electron chi connectivity index (χ4n) is 4.69. The highest BCUT2D eigenvalue weighted by Crippen LogP contribution is 2.31. The molecule has 0 aliphatic carbocycles. The van der Waals surface area contributed by atoms with E-state index in [2.05, 4.69) is 4.99 Å². The minimum absolute atomic E-state index is 0.138. The van der Waals surface area contributed by atoms with E-state index in [1.54, 1.807) is 37.3 Å². The lowest BCUT2D eigenvalue weighted by molar-refractivity contribution is -0.140. The molecule has 0 bridgehead atoms. The number of hydrogen-bond donors (Lipinski definition) is 0. The first-order valence-corrected chi connectivity index (χ1v) is 14.7. The van der Waals surface area contributed by atoms with E-state index in [1.807, 2.05) is 68.4 Å². The molecule has 0 spiro atoms. The number of thiazole rings is 1. The number of aromatic nitrogens is 1. The Bertz CT molecular complexity index is 1840. The van der Waals surface area contributed by atoms with Crippen molar-refractivity contribution in [1.82, 2.24) is 4.57 Å². The quantitative estimate of drug-likeness (QED) is 0.258. The number of esters is 2. The Balaban J connectivity index is 1.51. The average Bonchev–Trinajstić information content (AvgIpc) is 3.32. The normalized spacial score (nSPS) is 14.7. The molecule has 1 aliphatic rings. The lowest BCUT2D eigenvalue weighted by atomic mass is 9.95. The average molecular weight is 597 g/mol. The van der Waals surface area contributed by atoms with Crippen LogP contribution < -0.4 is 19.6 Å². The summed E-state index contributed by atoms with van der Waals surface area (Å²) in [5, 5.41) is 0. The molecule has 1 aromatic heterocycles. The van der Waals surface area contributed by atoms with Crippen molar-refractivity contribution in [3.05, 3.63) is 132 Å². The molecule has 1 atom stereocenters. The largest absolute Gasteiger partial charge is 0.489 e. The van der Waals surface area contributed by atoms with Gasteiger partial charge in [0.15, 0.2) is 4.80 Å². The Labute approximate surface area is 253 Å². The van der Waals surface area contributed by atoms with Crippen LogP contribution in [0, 0.1) is 5.92 Å². The molecule has 2 heterocycles. The minimum atomic E-state index is -0.779. The van der Waals surface area contributed by atoms with Crippen LogP contribution in [0.4, 0.5) is 0 Å². The van der Waals surface area contributed by atoms with Crippen LogP contribution in [0.2, 0.25) is 0 Å². The highest BCUT2D eigenvalue weighted by molar-refractivity contribution is 7.07. The lowest BCUT2D eigenvalue weighted by Crippen LogP contribution is -2.40. The second kappa shape index (κ2) is 13.0. The monoisotopic (exact) mass is 596 g/mol. The van der Waals surface area contributed by atoms with E-state index < -0.39 is 18.0 Å². The van der Waals surface area contributed by atoms with E-state index in [9.17, 15) is 14.4 Å². The first-order chi connectivity index (χ1) is 20.7. The first-order valence-electron chi connectivity index (χ1n) is 13.9. The lowest BCUT2D eigenvalue weighted by Gasteiger charge is -2.25. The fraction of sp³-hybridized carbons (Fsp3) is 0.235. The Hall–Kier alpha value is -4.76. The van der Waals surface area contributed by atoms with Crippen LogP contribution in [-0.4, -0.2) is 30.2 Å². The highest BCUT2D eigenvalue weighted by Gasteiger charge is 2.33. The van der Waals surface area contributed by atoms with E-state index >= 15 is 0 Å². The van der Waals surface area contributed by atoms with Gasteiger partial charge in [-0.15, -0.1) is 0 Å². The Kier molecular flexibility index (Phi) is 9.01. The molecule has 0 radical (unpaired) electrons. The molecule has 5 rings (SSSR count). The second-order valence-electron chi connectivity index (χ2n) is 10.5. The zero-order valence-corrected chi connectivity index (χ0v) is 25.2. The van der Waals surface area contributed by atoms with Crippen molar-refractivity contribution in [3.8, 4) is 5.75 Å². The van der Waals surface area contributed by atoms with Gasteiger partial charge < -0.3 is 14.2 Å². The van der Waals surface area contributed by atoms with Crippen molar-refractivity contribution in [2.45, 2.75) is 33.4 Å². The molecule has 220 valence electrons. The molecule has 0 amide bonds. The third-order valence-corrected chi connectivity index (χ3v) is 7.85. The van der Waals surface area contributed by atoms with Gasteiger partial charge in [0.25, 0.3) is 5.56 Å². The zero-order chi connectivity index (χ0) is 30.5. The maximum absolute atomic E-state index is 13.9. The third kappa shape index (κ3) is 6.67. The van der Waals surface area contributed by atoms with Gasteiger partial charge in [0.05, 0.1) is 41.1 Å². The van der Waals surface area contributed by atoms with Gasteiger partial charge in [-0.2, -0.15) is 0 Å². The van der Waals surface area contributed by atoms with Crippen LogP contribution in [0.5, 0.6) is 5.75 Å². The van der Waals surface area contributed by atoms with Crippen LogP contribution in [0.15, 0.2) is 99.9 Å². The molecule has 8 nitrogen and oxygen atoms in total. The predicted molar refractivity (Wildman–Crippen MR) is 165 cm³/mol. The molecule has 1 unspecified atom stereocenters. The number of methoxy groups -OCH3 is 1. The molecule has 43 heavy (non-hydrogen) atoms. The van der Waals surface area contributed by atoms with Crippen LogP contribution >= 0.6 is 11.3 Å². The summed E-state index contributed by atoms with van der Waals surface area (Å²) in [6, 6.07) is 23.3. The van der Waals surface area contributed by atoms with Gasteiger partial charge in [-0.25, -0.2) is 14.6 Å². The van der Waals surface area contributed by atoms with Crippen molar-refractivity contribution in [2.24, 2.45) is 10.9 Å². The Morgan fingerprint density at radius 2 is 1.67 bits per heavy atom. The first kappa shape index (κ1) is 29.7. The van der Waals surface area contributed by atoms with Gasteiger partial charge in [-0.05, 0) is 59.9 Å². The topological polar surface area (TPSA) is 96.2 Å². The van der Waals surface area contributed by atoms with Gasteiger partial charge in [-0.1, -0.05) is 79.8 Å². The van der Waals surface area contributed by atoms with E-state index in [0.29, 0.717) is 32.8 Å². The van der Waals surface area contributed by atoms with Crippen LogP contribution in [0.1, 0.15) is 53.9 Å². The summed E-state index contributed by atoms with van der Waals surface area (Å²) in [6.07, 6.45) is 1.80. The number of rotatable bonds is 9. The molecule has 0 saturated carbocycles. The minimum Gasteiger partial charge on any atom is -0.489 e. The molecular weight excluding hydrogens is 564 g/mol. The standard InChI is InChI=1S/C34H32N2O6S/c1-21(2)19-42-33(39)29-22(3)35-34-36(30(29)25-12-14-26(15-13-25)32(38)40-4)31(37)28(43-34)18-23-10-16-27(17-11-23)41-20-24-8-6-5-7-9-24/h5-18,21,30H,19-20H2,1-4H3. The van der Waals surface area contributed by atoms with Crippen molar-refractivity contribution in [3.63, 3.8) is 0 Å². The molecule has 9 heteroatoms. The maximum Gasteiger partial charge on any atom is 0.338 e. The molecule has 0 saturated heterocycles. The summed E-state index contributed by atoms with van der Waals surface area (Å²) >= 11 is 1.25. The molecule has 4 aromatic rings. The third-order valence-electron chi connectivity index (χ3n) is 6.86. The molecule has 1 aliphatic heterocycles. The molecule has 0 N–H and O–H groups in total. The molecule has 0 fully saturated rings. The van der Waals surface area contributed by atoms with Crippen molar-refractivity contribution >= 4 is 29.4 Å². The van der Waals surface area contributed by atoms with Gasteiger partial charge >= 0.3 is 11.9 Å². The number of carbonyl (C=O) groups excluding carboxylic acids is 2. The summed E-state index contributed by atoms with van der Waals surface area (Å²) < 4.78 is 18.3. The SMILES string of the molecule is COC(=O)c1ccc(C2C(C(=O)OCC(C)C)=C(C)N=c3sc(=Cc4ccc(OCc5ccccc5)cc4)c(=O)n32)cc1. The smallest absolute Gasteiger partial charge is 0.338 e. The van der Waals surface area contributed by atoms with E-state index in [-0.39, 0.29) is 23.7 Å². The molecule has 3 aromatic carbocycles. The van der Waals surface area contributed by atoms with Crippen molar-refractivity contribution in [1.29, 1.82) is 0 Å². The van der Waals surface area contributed by atoms with Crippen molar-refractivity contribution < 1.29 is 23.8 Å². The van der Waals surface area contributed by atoms with E-state index in [1.165, 1.54) is 23.0 Å². The number of allylic oxidation sites excluding steroid dienone is 1. The summed E-state index contributed by atoms with van der Waals surface area (Å²) in [5.74, 6) is -0.149. The van der Waals surface area contributed by atoms with Crippen LogP contribution in [-0.2, 0) is 20.9 Å². The number of hydrogen-bond acceptors (Lipinski definition) is 8. The number of carbonyl (C=O) groups is 2. The number of fused-ring (bicyclic) bond motifs is 1. The number of benzene rings is 3. The number of nitrogens with zero attached hydrogens (tertiary/aromatic N) is 2. The summed E-state index contributed by atoms with van der Waals surface area (Å²) in [5.41, 5.74) is 3.38. The van der Waals surface area contributed by atoms with Gasteiger partial charge in [0.1, 0.15) is 12.4 Å². The molecular formula is C34H32N2O6S. The van der Waals surface area contributed by atoms with Crippen molar-refractivity contribution in [2.75, 3.05) is 13.7 Å². The Morgan fingerprint density at radius 1 is 0.977 bits per heavy atom. The summed E-state index contributed by atoms with van der Waals surface area (Å²) in [4.78, 5) is 44.4. The van der Waals surface area contributed by atoms with E-state index in [4.69, 9.17) is 14.2 Å². The summed E-state index contributed by atoms with van der Waals surface area (Å²) in [7, 11) is 1.31. The number of ether oxygens (including phenoxy) is 3. The van der Waals surface area contributed by atoms with Crippen LogP contribution in [0.3, 0.4) is 0 Å². The predicted octanol–water partition coefficient (Wildman–Crippen LogP) is 4.80. The maximum atomic E-state index is 13.9.